The van der Waals surface area contributed by atoms with Crippen LogP contribution >= 0.6 is 0 Å². The van der Waals surface area contributed by atoms with Crippen molar-refractivity contribution in [3.8, 4) is 11.3 Å². The van der Waals surface area contributed by atoms with Gasteiger partial charge in [-0.15, -0.1) is 0 Å². The summed E-state index contributed by atoms with van der Waals surface area (Å²) in [6, 6.07) is 31.1. The molecule has 6 rings (SSSR count). The number of aryl methyl sites for hydroxylation is 7. The van der Waals surface area contributed by atoms with Gasteiger partial charge in [-0.05, 0) is 75.6 Å². The van der Waals surface area contributed by atoms with Crippen molar-refractivity contribution >= 4 is 50.9 Å². The topological polar surface area (TPSA) is 12.9 Å². The molecule has 1 nitrogen and oxygen atoms in total. The molecule has 1 aromatic heterocycles. The smallest absolute Gasteiger partial charge is 0.261 e. The van der Waals surface area contributed by atoms with Gasteiger partial charge in [-0.2, -0.15) is 0 Å². The standard InChI is InChI=1S/C40H38BN/c1-9-32-36-34-17-13-11-15-31(34)18-19-35(36)40(42-39(32)33-16-12-10-14-26(33)4)41(37-27(5)20-24(2)21-28(37)6)38-29(7)22-25(3)23-30(38)8/h9-23H,1H2,2-8H3. The molecule has 2 heteroatoms. The first-order valence-electron chi connectivity index (χ1n) is 14.9. The molecular weight excluding hydrogens is 505 g/mol. The number of pyridine rings is 1. The third-order valence-electron chi connectivity index (χ3n) is 8.89. The van der Waals surface area contributed by atoms with Gasteiger partial charge in [-0.3, -0.25) is 4.98 Å². The number of fused-ring (bicyclic) bond motifs is 3. The van der Waals surface area contributed by atoms with Gasteiger partial charge >= 0.3 is 0 Å². The lowest BCUT2D eigenvalue weighted by Crippen LogP contribution is -2.57. The van der Waals surface area contributed by atoms with Crippen molar-refractivity contribution in [2.24, 2.45) is 0 Å². The highest BCUT2D eigenvalue weighted by atomic mass is 14.7. The molecule has 0 N–H and O–H groups in total. The van der Waals surface area contributed by atoms with Crippen molar-refractivity contribution in [3.63, 3.8) is 0 Å². The minimum atomic E-state index is -0.0310. The third-order valence-corrected chi connectivity index (χ3v) is 8.89. The Morgan fingerprint density at radius 1 is 0.595 bits per heavy atom. The first-order valence-corrected chi connectivity index (χ1v) is 14.9. The Kier molecular flexibility index (Phi) is 7.11. The van der Waals surface area contributed by atoms with Crippen LogP contribution in [0.5, 0.6) is 0 Å². The van der Waals surface area contributed by atoms with Crippen LogP contribution < -0.4 is 16.5 Å². The van der Waals surface area contributed by atoms with Crippen molar-refractivity contribution in [1.29, 1.82) is 0 Å². The highest BCUT2D eigenvalue weighted by molar-refractivity contribution is 6.97. The van der Waals surface area contributed by atoms with Gasteiger partial charge in [-0.1, -0.05) is 142 Å². The predicted molar refractivity (Wildman–Crippen MR) is 185 cm³/mol. The maximum atomic E-state index is 5.70. The highest BCUT2D eigenvalue weighted by Gasteiger charge is 2.33. The van der Waals surface area contributed by atoms with Gasteiger partial charge in [0.15, 0.2) is 0 Å². The average molecular weight is 544 g/mol. The van der Waals surface area contributed by atoms with Crippen LogP contribution in [0.3, 0.4) is 0 Å². The van der Waals surface area contributed by atoms with Gasteiger partial charge in [0, 0.05) is 16.7 Å². The van der Waals surface area contributed by atoms with Crippen LogP contribution in [0.15, 0.2) is 91.5 Å². The SMILES string of the molecule is C=Cc1c(-c2ccccc2C)nc(B(c2c(C)cc(C)cc2C)c2c(C)cc(C)cc2C)c2ccc3ccccc3c12. The summed E-state index contributed by atoms with van der Waals surface area (Å²) < 4.78 is 0. The zero-order valence-corrected chi connectivity index (χ0v) is 25.9. The fourth-order valence-electron chi connectivity index (χ4n) is 7.31. The van der Waals surface area contributed by atoms with Crippen LogP contribution in [0.1, 0.15) is 44.5 Å². The minimum absolute atomic E-state index is 0.0310. The molecule has 0 bridgehead atoms. The Balaban J connectivity index is 1.86. The van der Waals surface area contributed by atoms with Crippen molar-refractivity contribution in [1.82, 2.24) is 4.98 Å². The van der Waals surface area contributed by atoms with Crippen molar-refractivity contribution < 1.29 is 0 Å². The molecule has 0 spiro atoms. The number of rotatable bonds is 5. The Bertz CT molecular complexity index is 1930. The number of aromatic nitrogens is 1. The molecule has 0 aliphatic heterocycles. The fourth-order valence-corrected chi connectivity index (χ4v) is 7.31. The Labute approximate surface area is 251 Å². The molecule has 0 unspecified atom stereocenters. The van der Waals surface area contributed by atoms with E-state index in [9.17, 15) is 0 Å². The monoisotopic (exact) mass is 543 g/mol. The molecule has 5 aromatic carbocycles. The molecular formula is C40H38BN. The van der Waals surface area contributed by atoms with E-state index in [-0.39, 0.29) is 6.71 Å². The van der Waals surface area contributed by atoms with Crippen LogP contribution in [-0.4, -0.2) is 11.7 Å². The summed E-state index contributed by atoms with van der Waals surface area (Å²) in [4.78, 5) is 5.70. The van der Waals surface area contributed by atoms with Gasteiger partial charge in [0.05, 0.1) is 5.69 Å². The quantitative estimate of drug-likeness (QED) is 0.157. The largest absolute Gasteiger partial charge is 0.267 e. The Hall–Kier alpha value is -4.43. The molecule has 0 aliphatic rings. The third kappa shape index (κ3) is 4.56. The summed E-state index contributed by atoms with van der Waals surface area (Å²) >= 11 is 0. The van der Waals surface area contributed by atoms with Crippen LogP contribution in [0, 0.1) is 48.5 Å². The van der Waals surface area contributed by atoms with E-state index in [0.717, 1.165) is 22.4 Å². The molecule has 1 heterocycles. The molecule has 0 saturated carbocycles. The molecule has 0 aliphatic carbocycles. The van der Waals surface area contributed by atoms with Gasteiger partial charge < -0.3 is 0 Å². The molecule has 0 radical (unpaired) electrons. The van der Waals surface area contributed by atoms with Crippen molar-refractivity contribution in [2.45, 2.75) is 48.5 Å². The number of nitrogens with zero attached hydrogens (tertiary/aromatic N) is 1. The second kappa shape index (κ2) is 10.8. The van der Waals surface area contributed by atoms with Gasteiger partial charge in [0.25, 0.3) is 6.71 Å². The van der Waals surface area contributed by atoms with E-state index in [4.69, 9.17) is 4.98 Å². The summed E-state index contributed by atoms with van der Waals surface area (Å²) in [5, 5.41) is 4.87. The molecule has 6 aromatic rings. The summed E-state index contributed by atoms with van der Waals surface area (Å²) in [6.45, 7) is 19.9. The highest BCUT2D eigenvalue weighted by Crippen LogP contribution is 2.35. The van der Waals surface area contributed by atoms with Gasteiger partial charge in [0.1, 0.15) is 0 Å². The molecule has 0 amide bonds. The average Bonchev–Trinajstić information content (AvgIpc) is 2.94. The van der Waals surface area contributed by atoms with Crippen LogP contribution in [0.2, 0.25) is 0 Å². The molecule has 0 fully saturated rings. The summed E-state index contributed by atoms with van der Waals surface area (Å²) in [6.07, 6.45) is 2.01. The second-order valence-corrected chi connectivity index (χ2v) is 12.0. The Morgan fingerprint density at radius 2 is 1.14 bits per heavy atom. The number of hydrogen-bond donors (Lipinski definition) is 0. The second-order valence-electron chi connectivity index (χ2n) is 12.0. The lowest BCUT2D eigenvalue weighted by molar-refractivity contribution is 1.32. The van der Waals surface area contributed by atoms with E-state index < -0.39 is 0 Å². The van der Waals surface area contributed by atoms with E-state index in [1.165, 1.54) is 71.4 Å². The van der Waals surface area contributed by atoms with Gasteiger partial charge in [0.2, 0.25) is 0 Å². The molecule has 0 saturated heterocycles. The summed E-state index contributed by atoms with van der Waals surface area (Å²) in [5.41, 5.74) is 16.0. The van der Waals surface area contributed by atoms with Crippen molar-refractivity contribution in [3.05, 3.63) is 136 Å². The van der Waals surface area contributed by atoms with Crippen LogP contribution in [-0.2, 0) is 0 Å². The Morgan fingerprint density at radius 3 is 1.71 bits per heavy atom. The van der Waals surface area contributed by atoms with E-state index in [1.54, 1.807) is 0 Å². The van der Waals surface area contributed by atoms with E-state index >= 15 is 0 Å². The first kappa shape index (κ1) is 27.7. The fraction of sp³-hybridized carbons (Fsp3) is 0.175. The summed E-state index contributed by atoms with van der Waals surface area (Å²) in [5.74, 6) is 0. The molecule has 0 atom stereocenters. The first-order chi connectivity index (χ1) is 20.2. The predicted octanol–water partition coefficient (Wildman–Crippen LogP) is 8.37. The van der Waals surface area contributed by atoms with E-state index in [1.807, 2.05) is 6.08 Å². The number of benzene rings is 5. The zero-order valence-electron chi connectivity index (χ0n) is 25.9. The maximum absolute atomic E-state index is 5.70. The van der Waals surface area contributed by atoms with Crippen LogP contribution in [0.25, 0.3) is 38.9 Å². The zero-order chi connectivity index (χ0) is 29.7. The lowest BCUT2D eigenvalue weighted by atomic mass is 9.35. The van der Waals surface area contributed by atoms with Crippen LogP contribution in [0.4, 0.5) is 0 Å². The molecule has 206 valence electrons. The number of hydrogen-bond acceptors (Lipinski definition) is 1. The maximum Gasteiger partial charge on any atom is 0.267 e. The van der Waals surface area contributed by atoms with E-state index in [2.05, 4.69) is 140 Å². The molecule has 42 heavy (non-hydrogen) atoms. The van der Waals surface area contributed by atoms with Gasteiger partial charge in [-0.25, -0.2) is 0 Å². The lowest BCUT2D eigenvalue weighted by Gasteiger charge is -2.26. The van der Waals surface area contributed by atoms with E-state index in [0.29, 0.717) is 0 Å². The normalized spacial score (nSPS) is 11.3. The summed E-state index contributed by atoms with van der Waals surface area (Å²) in [7, 11) is 0. The van der Waals surface area contributed by atoms with Crippen molar-refractivity contribution in [2.75, 3.05) is 0 Å². The minimum Gasteiger partial charge on any atom is -0.261 e.